The smallest absolute Gasteiger partial charge is 0.253 e. The van der Waals surface area contributed by atoms with E-state index in [1.165, 1.54) is 16.0 Å². The van der Waals surface area contributed by atoms with Crippen LogP contribution in [0.25, 0.3) is 0 Å². The van der Waals surface area contributed by atoms with E-state index in [4.69, 9.17) is 11.6 Å². The van der Waals surface area contributed by atoms with Gasteiger partial charge >= 0.3 is 0 Å². The molecule has 1 fully saturated rings. The van der Waals surface area contributed by atoms with Crippen molar-refractivity contribution in [1.29, 1.82) is 0 Å². The summed E-state index contributed by atoms with van der Waals surface area (Å²) >= 11 is 7.96. The van der Waals surface area contributed by atoms with Crippen LogP contribution >= 0.6 is 22.9 Å². The number of hydrogen-bond donors (Lipinski definition) is 0. The fourth-order valence-corrected chi connectivity index (χ4v) is 6.54. The lowest BCUT2D eigenvalue weighted by Gasteiger charge is -2.37. The zero-order valence-electron chi connectivity index (χ0n) is 22.5. The van der Waals surface area contributed by atoms with E-state index < -0.39 is 0 Å². The van der Waals surface area contributed by atoms with Gasteiger partial charge in [0.15, 0.2) is 0 Å². The molecule has 2 aromatic carbocycles. The normalized spacial score (nSPS) is 18.7. The number of thiophene rings is 1. The van der Waals surface area contributed by atoms with Gasteiger partial charge in [-0.05, 0) is 70.7 Å². The summed E-state index contributed by atoms with van der Waals surface area (Å²) in [6.45, 7) is 10.2. The van der Waals surface area contributed by atoms with Gasteiger partial charge in [-0.3, -0.25) is 14.5 Å². The molecule has 1 unspecified atom stereocenters. The van der Waals surface area contributed by atoms with Crippen molar-refractivity contribution in [2.75, 3.05) is 39.3 Å². The van der Waals surface area contributed by atoms with Crippen LogP contribution in [0, 0.1) is 0 Å². The molecule has 2 aliphatic heterocycles. The minimum absolute atomic E-state index is 0.0450. The van der Waals surface area contributed by atoms with Gasteiger partial charge in [0, 0.05) is 48.2 Å². The molecule has 2 amide bonds. The second kappa shape index (κ2) is 11.2. The van der Waals surface area contributed by atoms with Gasteiger partial charge in [-0.25, -0.2) is 0 Å². The minimum atomic E-state index is 0.0450. The van der Waals surface area contributed by atoms with E-state index in [9.17, 15) is 9.59 Å². The Labute approximate surface area is 235 Å². The molecule has 3 aromatic rings. The van der Waals surface area contributed by atoms with E-state index in [2.05, 4.69) is 61.4 Å². The number of hydrogen-bond acceptors (Lipinski definition) is 4. The second-order valence-corrected chi connectivity index (χ2v) is 12.8. The highest BCUT2D eigenvalue weighted by Gasteiger charge is 2.32. The molecule has 3 heterocycles. The van der Waals surface area contributed by atoms with Gasteiger partial charge in [-0.15, -0.1) is 11.3 Å². The fourth-order valence-electron chi connectivity index (χ4n) is 5.51. The molecule has 0 bridgehead atoms. The van der Waals surface area contributed by atoms with E-state index in [-0.39, 0.29) is 23.3 Å². The van der Waals surface area contributed by atoms with Gasteiger partial charge in [-0.2, -0.15) is 0 Å². The molecule has 1 atom stereocenters. The number of carbonyl (C=O) groups is 2. The van der Waals surface area contributed by atoms with Crippen LogP contribution < -0.4 is 0 Å². The first-order valence-electron chi connectivity index (χ1n) is 13.4. The van der Waals surface area contributed by atoms with E-state index in [0.29, 0.717) is 43.3 Å². The summed E-state index contributed by atoms with van der Waals surface area (Å²) in [4.78, 5) is 34.3. The third-order valence-electron chi connectivity index (χ3n) is 7.72. The maximum atomic E-state index is 13.5. The zero-order chi connectivity index (χ0) is 26.9. The first-order chi connectivity index (χ1) is 18.2. The highest BCUT2D eigenvalue weighted by Crippen LogP contribution is 2.38. The summed E-state index contributed by atoms with van der Waals surface area (Å²) in [6, 6.07) is 18.2. The fraction of sp³-hybridized carbons (Fsp3) is 0.419. The van der Waals surface area contributed by atoms with E-state index >= 15 is 0 Å². The number of nitrogens with zero attached hydrogens (tertiary/aromatic N) is 3. The van der Waals surface area contributed by atoms with Crippen LogP contribution in [0.1, 0.15) is 65.2 Å². The Balaban J connectivity index is 1.24. The molecule has 5 nitrogen and oxygen atoms in total. The lowest BCUT2D eigenvalue weighted by atomic mass is 9.86. The van der Waals surface area contributed by atoms with Crippen molar-refractivity contribution in [3.63, 3.8) is 0 Å². The Morgan fingerprint density at radius 3 is 2.29 bits per heavy atom. The Bertz CT molecular complexity index is 1280. The highest BCUT2D eigenvalue weighted by molar-refractivity contribution is 7.10. The number of rotatable bonds is 4. The van der Waals surface area contributed by atoms with Gasteiger partial charge in [-0.1, -0.05) is 56.6 Å². The van der Waals surface area contributed by atoms with Crippen molar-refractivity contribution in [3.8, 4) is 0 Å². The summed E-state index contributed by atoms with van der Waals surface area (Å²) in [5.41, 5.74) is 4.43. The van der Waals surface area contributed by atoms with Gasteiger partial charge < -0.3 is 9.80 Å². The predicted octanol–water partition coefficient (Wildman–Crippen LogP) is 6.02. The van der Waals surface area contributed by atoms with Crippen LogP contribution in [0.5, 0.6) is 0 Å². The Morgan fingerprint density at radius 1 is 0.895 bits per heavy atom. The van der Waals surface area contributed by atoms with E-state index in [1.54, 1.807) is 11.3 Å². The van der Waals surface area contributed by atoms with Crippen LogP contribution in [0.15, 0.2) is 60.0 Å². The molecule has 2 aliphatic rings. The molecule has 200 valence electrons. The number of benzene rings is 2. The van der Waals surface area contributed by atoms with Gasteiger partial charge in [0.05, 0.1) is 12.6 Å². The molecule has 0 spiro atoms. The largest absolute Gasteiger partial charge is 0.340 e. The monoisotopic (exact) mass is 549 g/mol. The van der Waals surface area contributed by atoms with Crippen LogP contribution in [-0.2, 0) is 16.6 Å². The van der Waals surface area contributed by atoms with Crippen molar-refractivity contribution in [2.24, 2.45) is 0 Å². The Hall–Kier alpha value is -2.67. The maximum Gasteiger partial charge on any atom is 0.253 e. The summed E-state index contributed by atoms with van der Waals surface area (Å²) < 4.78 is 0. The molecular formula is C31H36ClN3O2S. The molecule has 5 rings (SSSR count). The quantitative estimate of drug-likeness (QED) is 0.399. The maximum absolute atomic E-state index is 13.5. The van der Waals surface area contributed by atoms with Crippen molar-refractivity contribution >= 4 is 34.8 Å². The summed E-state index contributed by atoms with van der Waals surface area (Å²) in [5, 5.41) is 2.86. The standard InChI is InChI=1S/C31H36ClN3O2S/c1-31(2,3)24-9-5-23(6-10-24)30(37)34-16-4-15-33(18-19-34)28(36)21-35-17-13-27-26(14-20-38-27)29(35)22-7-11-25(32)12-8-22/h5-12,14,20,29H,4,13,15-19,21H2,1-3H3. The van der Waals surface area contributed by atoms with Crippen molar-refractivity contribution < 1.29 is 9.59 Å². The lowest BCUT2D eigenvalue weighted by molar-refractivity contribution is -0.132. The molecule has 7 heteroatoms. The van der Waals surface area contributed by atoms with Crippen LogP contribution in [-0.4, -0.2) is 65.8 Å². The first kappa shape index (κ1) is 26.9. The highest BCUT2D eigenvalue weighted by atomic mass is 35.5. The topological polar surface area (TPSA) is 43.9 Å². The summed E-state index contributed by atoms with van der Waals surface area (Å²) in [7, 11) is 0. The van der Waals surface area contributed by atoms with Crippen LogP contribution in [0.2, 0.25) is 5.02 Å². The molecule has 0 radical (unpaired) electrons. The van der Waals surface area contributed by atoms with Crippen molar-refractivity contribution in [3.05, 3.63) is 92.1 Å². The molecule has 1 saturated heterocycles. The average molecular weight is 550 g/mol. The van der Waals surface area contributed by atoms with Gasteiger partial charge in [0.1, 0.15) is 0 Å². The third-order valence-corrected chi connectivity index (χ3v) is 8.97. The zero-order valence-corrected chi connectivity index (χ0v) is 24.0. The molecule has 0 N–H and O–H groups in total. The van der Waals surface area contributed by atoms with Crippen LogP contribution in [0.4, 0.5) is 0 Å². The van der Waals surface area contributed by atoms with Gasteiger partial charge in [0.2, 0.25) is 5.91 Å². The molecule has 0 saturated carbocycles. The lowest BCUT2D eigenvalue weighted by Crippen LogP contribution is -2.45. The molecule has 0 aliphatic carbocycles. The molecule has 1 aromatic heterocycles. The third kappa shape index (κ3) is 5.83. The van der Waals surface area contributed by atoms with Crippen molar-refractivity contribution in [1.82, 2.24) is 14.7 Å². The Kier molecular flexibility index (Phi) is 7.94. The number of fused-ring (bicyclic) bond motifs is 1. The van der Waals surface area contributed by atoms with E-state index in [0.717, 1.165) is 24.9 Å². The number of carbonyl (C=O) groups excluding carboxylic acids is 2. The second-order valence-electron chi connectivity index (χ2n) is 11.3. The average Bonchev–Trinajstić information content (AvgIpc) is 3.24. The summed E-state index contributed by atoms with van der Waals surface area (Å²) in [6.07, 6.45) is 1.74. The van der Waals surface area contributed by atoms with Gasteiger partial charge in [0.25, 0.3) is 5.91 Å². The first-order valence-corrected chi connectivity index (χ1v) is 14.7. The predicted molar refractivity (Wildman–Crippen MR) is 155 cm³/mol. The Morgan fingerprint density at radius 2 is 1.58 bits per heavy atom. The van der Waals surface area contributed by atoms with E-state index in [1.807, 2.05) is 34.1 Å². The SMILES string of the molecule is CC(C)(C)c1ccc(C(=O)N2CCCN(C(=O)CN3CCc4sccc4C3c3ccc(Cl)cc3)CC2)cc1. The van der Waals surface area contributed by atoms with Crippen LogP contribution in [0.3, 0.4) is 0 Å². The summed E-state index contributed by atoms with van der Waals surface area (Å²) in [5.74, 6) is 0.176. The minimum Gasteiger partial charge on any atom is -0.340 e. The van der Waals surface area contributed by atoms with Crippen molar-refractivity contribution in [2.45, 2.75) is 45.1 Å². The molecular weight excluding hydrogens is 514 g/mol. The number of amides is 2. The molecule has 38 heavy (non-hydrogen) atoms. The number of halogens is 1.